The lowest BCUT2D eigenvalue weighted by Crippen LogP contribution is -2.35. The molecule has 2 aromatic rings. The Morgan fingerprint density at radius 2 is 1.95 bits per heavy atom. The Morgan fingerprint density at radius 1 is 1.20 bits per heavy atom. The Morgan fingerprint density at radius 3 is 2.60 bits per heavy atom. The Balaban J connectivity index is 2.27. The molecule has 0 fully saturated rings. The molecule has 0 atom stereocenters. The highest BCUT2D eigenvalue weighted by Crippen LogP contribution is 2.23. The fourth-order valence-corrected chi connectivity index (χ4v) is 2.73. The quantitative estimate of drug-likeness (QED) is 0.838. The monoisotopic (exact) mass is 272 g/mol. The maximum absolute atomic E-state index is 4.58. The van der Waals surface area contributed by atoms with Crippen LogP contribution >= 0.6 is 0 Å². The predicted molar refractivity (Wildman–Crippen MR) is 81.9 cm³/mol. The maximum atomic E-state index is 4.58. The molecule has 0 saturated carbocycles. The van der Waals surface area contributed by atoms with Crippen LogP contribution in [0, 0.1) is 6.92 Å². The molecule has 0 aliphatic rings. The summed E-state index contributed by atoms with van der Waals surface area (Å²) < 4.78 is 2.21. The lowest BCUT2D eigenvalue weighted by Gasteiger charge is -2.28. The van der Waals surface area contributed by atoms with Gasteiger partial charge in [0.05, 0.1) is 12.2 Å². The molecule has 0 spiro atoms. The molecule has 20 heavy (non-hydrogen) atoms. The van der Waals surface area contributed by atoms with Gasteiger partial charge in [-0.15, -0.1) is 0 Å². The molecule has 0 bridgehead atoms. The second-order valence-electron chi connectivity index (χ2n) is 6.27. The Kier molecular flexibility index (Phi) is 4.23. The van der Waals surface area contributed by atoms with Crippen molar-refractivity contribution in [1.29, 1.82) is 0 Å². The molecule has 0 saturated heterocycles. The van der Waals surface area contributed by atoms with Gasteiger partial charge >= 0.3 is 0 Å². The third-order valence-electron chi connectivity index (χ3n) is 3.47. The molecule has 4 nitrogen and oxygen atoms in total. The van der Waals surface area contributed by atoms with E-state index < -0.39 is 0 Å². The summed E-state index contributed by atoms with van der Waals surface area (Å²) >= 11 is 0. The molecular weight excluding hydrogens is 248 g/mol. The van der Waals surface area contributed by atoms with Gasteiger partial charge in [0.1, 0.15) is 5.82 Å². The van der Waals surface area contributed by atoms with Crippen LogP contribution in [-0.2, 0) is 12.0 Å². The van der Waals surface area contributed by atoms with Crippen molar-refractivity contribution in [3.05, 3.63) is 47.8 Å². The molecule has 0 N–H and O–H groups in total. The van der Waals surface area contributed by atoms with Gasteiger partial charge in [-0.3, -0.25) is 4.98 Å². The number of imidazole rings is 1. The van der Waals surface area contributed by atoms with E-state index in [9.17, 15) is 0 Å². The van der Waals surface area contributed by atoms with E-state index in [4.69, 9.17) is 0 Å². The van der Waals surface area contributed by atoms with Crippen LogP contribution < -0.4 is 0 Å². The number of likely N-dealkylation sites (N-methyl/N-ethyl adjacent to an activating group) is 1. The second-order valence-corrected chi connectivity index (χ2v) is 6.27. The first-order valence-corrected chi connectivity index (χ1v) is 6.97. The van der Waals surface area contributed by atoms with Gasteiger partial charge in [0.25, 0.3) is 0 Å². The highest BCUT2D eigenvalue weighted by Gasteiger charge is 2.26. The van der Waals surface area contributed by atoms with Gasteiger partial charge in [-0.25, -0.2) is 4.98 Å². The van der Waals surface area contributed by atoms with E-state index in [-0.39, 0.29) is 5.41 Å². The highest BCUT2D eigenvalue weighted by molar-refractivity contribution is 5.19. The van der Waals surface area contributed by atoms with E-state index in [1.54, 1.807) is 0 Å². The molecular formula is C16H24N4. The molecule has 108 valence electrons. The van der Waals surface area contributed by atoms with Gasteiger partial charge in [-0.2, -0.15) is 0 Å². The van der Waals surface area contributed by atoms with Crippen molar-refractivity contribution in [2.75, 3.05) is 20.6 Å². The fourth-order valence-electron chi connectivity index (χ4n) is 2.73. The van der Waals surface area contributed by atoms with Crippen molar-refractivity contribution in [1.82, 2.24) is 19.4 Å². The number of pyridine rings is 1. The van der Waals surface area contributed by atoms with Crippen LogP contribution in [0.4, 0.5) is 0 Å². The van der Waals surface area contributed by atoms with Crippen LogP contribution in [0.1, 0.15) is 30.9 Å². The van der Waals surface area contributed by atoms with Crippen LogP contribution in [0.5, 0.6) is 0 Å². The Bertz CT molecular complexity index is 569. The Hall–Kier alpha value is -1.68. The van der Waals surface area contributed by atoms with E-state index in [1.165, 1.54) is 5.56 Å². The standard InChI is InChI=1S/C16H24N4/c1-13-7-6-8-17-14(13)11-20-10-9-18-15(20)16(2,3)12-19(4)5/h6-10H,11-12H2,1-5H3. The summed E-state index contributed by atoms with van der Waals surface area (Å²) in [7, 11) is 4.19. The summed E-state index contributed by atoms with van der Waals surface area (Å²) in [5.74, 6) is 1.11. The second kappa shape index (κ2) is 5.75. The van der Waals surface area contributed by atoms with Crippen LogP contribution in [0.25, 0.3) is 0 Å². The van der Waals surface area contributed by atoms with Gasteiger partial charge in [-0.1, -0.05) is 19.9 Å². The minimum atomic E-state index is 0.00961. The summed E-state index contributed by atoms with van der Waals surface area (Å²) in [5.41, 5.74) is 2.33. The molecule has 0 aromatic carbocycles. The zero-order valence-corrected chi connectivity index (χ0v) is 13.1. The summed E-state index contributed by atoms with van der Waals surface area (Å²) in [6.45, 7) is 8.31. The average Bonchev–Trinajstić information content (AvgIpc) is 2.79. The van der Waals surface area contributed by atoms with E-state index in [2.05, 4.69) is 60.4 Å². The SMILES string of the molecule is Cc1cccnc1Cn1ccnc1C(C)(C)CN(C)C. The number of rotatable bonds is 5. The van der Waals surface area contributed by atoms with Crippen molar-refractivity contribution >= 4 is 0 Å². The van der Waals surface area contributed by atoms with Gasteiger partial charge in [-0.05, 0) is 32.6 Å². The van der Waals surface area contributed by atoms with E-state index in [0.29, 0.717) is 0 Å². The van der Waals surface area contributed by atoms with Gasteiger partial charge < -0.3 is 9.47 Å². The fraction of sp³-hybridized carbons (Fsp3) is 0.500. The first-order chi connectivity index (χ1) is 9.40. The summed E-state index contributed by atoms with van der Waals surface area (Å²) in [6.07, 6.45) is 5.77. The molecule has 2 heterocycles. The molecule has 4 heteroatoms. The maximum Gasteiger partial charge on any atom is 0.115 e. The molecule has 2 aromatic heterocycles. The van der Waals surface area contributed by atoms with Crippen molar-refractivity contribution in [3.8, 4) is 0 Å². The van der Waals surface area contributed by atoms with Crippen LogP contribution in [-0.4, -0.2) is 40.1 Å². The molecule has 0 aliphatic carbocycles. The summed E-state index contributed by atoms with van der Waals surface area (Å²) in [4.78, 5) is 11.3. The van der Waals surface area contributed by atoms with Crippen LogP contribution in [0.2, 0.25) is 0 Å². The highest BCUT2D eigenvalue weighted by atomic mass is 15.1. The summed E-state index contributed by atoms with van der Waals surface area (Å²) in [6, 6.07) is 4.08. The van der Waals surface area contributed by atoms with E-state index >= 15 is 0 Å². The molecule has 0 radical (unpaired) electrons. The van der Waals surface area contributed by atoms with Gasteiger partial charge in [0.15, 0.2) is 0 Å². The Labute approximate surface area is 121 Å². The van der Waals surface area contributed by atoms with Crippen molar-refractivity contribution in [2.45, 2.75) is 32.7 Å². The third-order valence-corrected chi connectivity index (χ3v) is 3.47. The number of hydrogen-bond acceptors (Lipinski definition) is 3. The molecule has 0 aliphatic heterocycles. The average molecular weight is 272 g/mol. The number of aryl methyl sites for hydroxylation is 1. The zero-order valence-electron chi connectivity index (χ0n) is 13.1. The number of hydrogen-bond donors (Lipinski definition) is 0. The van der Waals surface area contributed by atoms with Crippen LogP contribution in [0.3, 0.4) is 0 Å². The van der Waals surface area contributed by atoms with Crippen molar-refractivity contribution in [3.63, 3.8) is 0 Å². The number of aromatic nitrogens is 3. The molecule has 2 rings (SSSR count). The van der Waals surface area contributed by atoms with Crippen molar-refractivity contribution in [2.24, 2.45) is 0 Å². The van der Waals surface area contributed by atoms with Crippen molar-refractivity contribution < 1.29 is 0 Å². The lowest BCUT2D eigenvalue weighted by atomic mass is 9.91. The largest absolute Gasteiger partial charge is 0.328 e. The van der Waals surface area contributed by atoms with Gasteiger partial charge in [0, 0.05) is 30.6 Å². The first kappa shape index (κ1) is 14.7. The molecule has 0 unspecified atom stereocenters. The predicted octanol–water partition coefficient (Wildman–Crippen LogP) is 2.47. The van der Waals surface area contributed by atoms with Crippen LogP contribution in [0.15, 0.2) is 30.7 Å². The minimum Gasteiger partial charge on any atom is -0.328 e. The smallest absolute Gasteiger partial charge is 0.115 e. The minimum absolute atomic E-state index is 0.00961. The van der Waals surface area contributed by atoms with E-state index in [1.807, 2.05) is 24.7 Å². The first-order valence-electron chi connectivity index (χ1n) is 6.97. The third kappa shape index (κ3) is 3.25. The summed E-state index contributed by atoms with van der Waals surface area (Å²) in [5, 5.41) is 0. The van der Waals surface area contributed by atoms with E-state index in [0.717, 1.165) is 24.6 Å². The zero-order chi connectivity index (χ0) is 14.8. The topological polar surface area (TPSA) is 34.0 Å². The molecule has 0 amide bonds. The number of nitrogens with zero attached hydrogens (tertiary/aromatic N) is 4. The lowest BCUT2D eigenvalue weighted by molar-refractivity contribution is 0.299. The normalized spacial score (nSPS) is 12.1. The van der Waals surface area contributed by atoms with Gasteiger partial charge in [0.2, 0.25) is 0 Å².